The van der Waals surface area contributed by atoms with Gasteiger partial charge in [0.25, 0.3) is 0 Å². The maximum absolute atomic E-state index is 12.5. The minimum atomic E-state index is -0.431. The summed E-state index contributed by atoms with van der Waals surface area (Å²) in [4.78, 5) is 12.5. The zero-order valence-electron chi connectivity index (χ0n) is 12.3. The predicted molar refractivity (Wildman–Crippen MR) is 81.3 cm³/mol. The van der Waals surface area contributed by atoms with Crippen molar-refractivity contribution >= 4 is 5.78 Å². The second kappa shape index (κ2) is 5.60. The van der Waals surface area contributed by atoms with E-state index in [0.29, 0.717) is 17.7 Å². The molecule has 3 rings (SSSR count). The Hall–Kier alpha value is -2.29. The fourth-order valence-electron chi connectivity index (χ4n) is 2.62. The van der Waals surface area contributed by atoms with Gasteiger partial charge in [-0.3, -0.25) is 4.79 Å². The first-order chi connectivity index (χ1) is 10.2. The third-order valence-electron chi connectivity index (χ3n) is 3.83. The monoisotopic (exact) mass is 282 g/mol. The zero-order chi connectivity index (χ0) is 14.8. The Kier molecular flexibility index (Phi) is 3.65. The van der Waals surface area contributed by atoms with Gasteiger partial charge in [0.1, 0.15) is 11.5 Å². The summed E-state index contributed by atoms with van der Waals surface area (Å²) < 4.78 is 11.0. The van der Waals surface area contributed by atoms with Crippen molar-refractivity contribution in [2.45, 2.75) is 25.9 Å². The first kappa shape index (κ1) is 13.7. The molecule has 0 amide bonds. The van der Waals surface area contributed by atoms with Crippen molar-refractivity contribution in [2.75, 3.05) is 7.11 Å². The van der Waals surface area contributed by atoms with Gasteiger partial charge in [0.05, 0.1) is 12.7 Å². The second-order valence-electron chi connectivity index (χ2n) is 5.21. The van der Waals surface area contributed by atoms with Crippen LogP contribution in [0.5, 0.6) is 11.5 Å². The number of rotatable bonds is 4. The summed E-state index contributed by atoms with van der Waals surface area (Å²) in [5.74, 6) is 1.57. The van der Waals surface area contributed by atoms with Gasteiger partial charge in [-0.25, -0.2) is 0 Å². The lowest BCUT2D eigenvalue weighted by Gasteiger charge is -2.10. The molecule has 1 aliphatic rings. The first-order valence-electron chi connectivity index (χ1n) is 7.18. The lowest BCUT2D eigenvalue weighted by atomic mass is 10.00. The molecule has 3 heteroatoms. The average Bonchev–Trinajstić information content (AvgIpc) is 2.83. The number of hydrogen-bond donors (Lipinski definition) is 0. The molecule has 2 aromatic rings. The molecule has 108 valence electrons. The SMILES string of the molecule is CCc1ccc2c(c1)C(=O)[C@@H](Cc1cccc(OC)c1)O2. The van der Waals surface area contributed by atoms with Crippen LogP contribution in [0.15, 0.2) is 42.5 Å². The number of methoxy groups -OCH3 is 1. The number of aryl methyl sites for hydroxylation is 1. The highest BCUT2D eigenvalue weighted by Crippen LogP contribution is 2.31. The smallest absolute Gasteiger partial charge is 0.207 e. The molecule has 0 unspecified atom stereocenters. The van der Waals surface area contributed by atoms with E-state index in [0.717, 1.165) is 23.3 Å². The van der Waals surface area contributed by atoms with Crippen molar-refractivity contribution in [3.05, 3.63) is 59.2 Å². The van der Waals surface area contributed by atoms with Gasteiger partial charge < -0.3 is 9.47 Å². The highest BCUT2D eigenvalue weighted by atomic mass is 16.5. The molecule has 0 spiro atoms. The summed E-state index contributed by atoms with van der Waals surface area (Å²) in [7, 11) is 1.64. The standard InChI is InChI=1S/C18H18O3/c1-3-12-7-8-16-15(10-12)18(19)17(21-16)11-13-5-4-6-14(9-13)20-2/h4-10,17H,3,11H2,1-2H3/t17-/m1/s1. The van der Waals surface area contributed by atoms with E-state index < -0.39 is 6.10 Å². The largest absolute Gasteiger partial charge is 0.497 e. The molecule has 1 atom stereocenters. The molecule has 0 saturated carbocycles. The van der Waals surface area contributed by atoms with E-state index in [1.165, 1.54) is 0 Å². The topological polar surface area (TPSA) is 35.5 Å². The van der Waals surface area contributed by atoms with Crippen molar-refractivity contribution < 1.29 is 14.3 Å². The van der Waals surface area contributed by atoms with Crippen LogP contribution in [0.2, 0.25) is 0 Å². The van der Waals surface area contributed by atoms with E-state index >= 15 is 0 Å². The Morgan fingerprint density at radius 1 is 1.14 bits per heavy atom. The molecule has 0 fully saturated rings. The third-order valence-corrected chi connectivity index (χ3v) is 3.83. The molecule has 3 nitrogen and oxygen atoms in total. The minimum Gasteiger partial charge on any atom is -0.497 e. The maximum atomic E-state index is 12.5. The minimum absolute atomic E-state index is 0.0723. The lowest BCUT2D eigenvalue weighted by Crippen LogP contribution is -2.23. The fourth-order valence-corrected chi connectivity index (χ4v) is 2.62. The molecule has 0 aliphatic carbocycles. The molecule has 2 aromatic carbocycles. The Labute approximate surface area is 124 Å². The Bertz CT molecular complexity index is 676. The number of ketones is 1. The van der Waals surface area contributed by atoms with Crippen LogP contribution in [0.1, 0.15) is 28.4 Å². The number of Topliss-reactive ketones (excluding diaryl/α,β-unsaturated/α-hetero) is 1. The number of carbonyl (C=O) groups excluding carboxylic acids is 1. The van der Waals surface area contributed by atoms with E-state index in [9.17, 15) is 4.79 Å². The first-order valence-corrected chi connectivity index (χ1v) is 7.18. The van der Waals surface area contributed by atoms with Crippen molar-refractivity contribution in [1.29, 1.82) is 0 Å². The predicted octanol–water partition coefficient (Wildman–Crippen LogP) is 3.44. The quantitative estimate of drug-likeness (QED) is 0.861. The van der Waals surface area contributed by atoms with Crippen LogP contribution in [0.3, 0.4) is 0 Å². The van der Waals surface area contributed by atoms with Crippen LogP contribution >= 0.6 is 0 Å². The summed E-state index contributed by atoms with van der Waals surface area (Å²) in [6, 6.07) is 13.6. The molecule has 0 saturated heterocycles. The van der Waals surface area contributed by atoms with Crippen LogP contribution in [0.25, 0.3) is 0 Å². The third kappa shape index (κ3) is 2.64. The van der Waals surface area contributed by atoms with Gasteiger partial charge in [0, 0.05) is 6.42 Å². The molecule has 0 bridgehead atoms. The summed E-state index contributed by atoms with van der Waals surface area (Å²) in [5, 5.41) is 0. The molecule has 0 N–H and O–H groups in total. The van der Waals surface area contributed by atoms with Crippen molar-refractivity contribution in [1.82, 2.24) is 0 Å². The Morgan fingerprint density at radius 2 is 2.00 bits per heavy atom. The van der Waals surface area contributed by atoms with E-state index in [-0.39, 0.29) is 5.78 Å². The highest BCUT2D eigenvalue weighted by Gasteiger charge is 2.32. The number of carbonyl (C=O) groups is 1. The molecule has 1 heterocycles. The Morgan fingerprint density at radius 3 is 2.76 bits per heavy atom. The molecular weight excluding hydrogens is 264 g/mol. The van der Waals surface area contributed by atoms with Gasteiger partial charge in [-0.1, -0.05) is 25.1 Å². The van der Waals surface area contributed by atoms with Crippen molar-refractivity contribution in [3.8, 4) is 11.5 Å². The van der Waals surface area contributed by atoms with Crippen LogP contribution < -0.4 is 9.47 Å². The maximum Gasteiger partial charge on any atom is 0.207 e. The fraction of sp³-hybridized carbons (Fsp3) is 0.278. The van der Waals surface area contributed by atoms with Gasteiger partial charge in [-0.2, -0.15) is 0 Å². The normalized spacial score (nSPS) is 16.5. The van der Waals surface area contributed by atoms with E-state index in [4.69, 9.17) is 9.47 Å². The van der Waals surface area contributed by atoms with Crippen LogP contribution in [0.4, 0.5) is 0 Å². The molecule has 21 heavy (non-hydrogen) atoms. The number of hydrogen-bond acceptors (Lipinski definition) is 3. The summed E-state index contributed by atoms with van der Waals surface area (Å²) in [6.07, 6.45) is 1.05. The zero-order valence-corrected chi connectivity index (χ0v) is 12.3. The van der Waals surface area contributed by atoms with E-state index in [1.807, 2.05) is 42.5 Å². The van der Waals surface area contributed by atoms with Gasteiger partial charge in [-0.15, -0.1) is 0 Å². The van der Waals surface area contributed by atoms with Gasteiger partial charge >= 0.3 is 0 Å². The van der Waals surface area contributed by atoms with E-state index in [1.54, 1.807) is 7.11 Å². The molecular formula is C18H18O3. The molecule has 0 aromatic heterocycles. The molecule has 1 aliphatic heterocycles. The average molecular weight is 282 g/mol. The van der Waals surface area contributed by atoms with Crippen molar-refractivity contribution in [2.24, 2.45) is 0 Å². The number of fused-ring (bicyclic) bond motifs is 1. The van der Waals surface area contributed by atoms with Gasteiger partial charge in [-0.05, 0) is 41.8 Å². The summed E-state index contributed by atoms with van der Waals surface area (Å²) in [5.41, 5.74) is 2.91. The lowest BCUT2D eigenvalue weighted by molar-refractivity contribution is 0.0857. The summed E-state index contributed by atoms with van der Waals surface area (Å²) in [6.45, 7) is 2.08. The van der Waals surface area contributed by atoms with Crippen LogP contribution in [0, 0.1) is 0 Å². The summed E-state index contributed by atoms with van der Waals surface area (Å²) >= 11 is 0. The van der Waals surface area contributed by atoms with E-state index in [2.05, 4.69) is 6.92 Å². The Balaban J connectivity index is 1.81. The highest BCUT2D eigenvalue weighted by molar-refractivity contribution is 6.04. The second-order valence-corrected chi connectivity index (χ2v) is 5.21. The molecule has 0 radical (unpaired) electrons. The van der Waals surface area contributed by atoms with Crippen LogP contribution in [-0.4, -0.2) is 19.0 Å². The van der Waals surface area contributed by atoms with Crippen molar-refractivity contribution in [3.63, 3.8) is 0 Å². The van der Waals surface area contributed by atoms with Crippen LogP contribution in [-0.2, 0) is 12.8 Å². The number of ether oxygens (including phenoxy) is 2. The van der Waals surface area contributed by atoms with Gasteiger partial charge in [0.15, 0.2) is 6.10 Å². The number of benzene rings is 2. The van der Waals surface area contributed by atoms with Gasteiger partial charge in [0.2, 0.25) is 5.78 Å².